The van der Waals surface area contributed by atoms with Crippen LogP contribution in [0, 0.1) is 0 Å². The van der Waals surface area contributed by atoms with Gasteiger partial charge < -0.3 is 9.84 Å². The second-order valence-corrected chi connectivity index (χ2v) is 6.49. The van der Waals surface area contributed by atoms with Crippen molar-refractivity contribution in [3.8, 4) is 0 Å². The van der Waals surface area contributed by atoms with Gasteiger partial charge in [0.2, 0.25) is 10.0 Å². The molecule has 1 aliphatic rings. The van der Waals surface area contributed by atoms with Crippen LogP contribution < -0.4 is 0 Å². The van der Waals surface area contributed by atoms with E-state index in [0.717, 1.165) is 6.42 Å². The molecule has 0 spiro atoms. The lowest BCUT2D eigenvalue weighted by atomic mass is 9.92. The smallest absolute Gasteiger partial charge is 0.214 e. The van der Waals surface area contributed by atoms with Gasteiger partial charge in [-0.25, -0.2) is 8.42 Å². The summed E-state index contributed by atoms with van der Waals surface area (Å²) in [6, 6.07) is 0. The molecular formula is C10H21NO4S. The maximum atomic E-state index is 11.7. The Balaban J connectivity index is 2.37. The summed E-state index contributed by atoms with van der Waals surface area (Å²) in [5.41, 5.74) is -0.789. The molecule has 1 rings (SSSR count). The molecule has 1 fully saturated rings. The Labute approximate surface area is 97.4 Å². The van der Waals surface area contributed by atoms with Gasteiger partial charge in [-0.3, -0.25) is 0 Å². The predicted molar refractivity (Wildman–Crippen MR) is 61.7 cm³/mol. The maximum absolute atomic E-state index is 11.7. The van der Waals surface area contributed by atoms with Gasteiger partial charge in [-0.2, -0.15) is 4.31 Å². The van der Waals surface area contributed by atoms with E-state index < -0.39 is 15.6 Å². The van der Waals surface area contributed by atoms with Crippen molar-refractivity contribution in [3.63, 3.8) is 0 Å². The Morgan fingerprint density at radius 1 is 1.44 bits per heavy atom. The van der Waals surface area contributed by atoms with E-state index in [4.69, 9.17) is 4.74 Å². The maximum Gasteiger partial charge on any atom is 0.214 e. The minimum absolute atomic E-state index is 0.100. The van der Waals surface area contributed by atoms with E-state index >= 15 is 0 Å². The molecule has 0 atom stereocenters. The van der Waals surface area contributed by atoms with Crippen LogP contribution in [-0.4, -0.2) is 56.0 Å². The Kier molecular flexibility index (Phi) is 4.73. The fourth-order valence-corrected chi connectivity index (χ4v) is 3.56. The number of methoxy groups -OCH3 is 1. The summed E-state index contributed by atoms with van der Waals surface area (Å²) in [5.74, 6) is 0.100. The quantitative estimate of drug-likeness (QED) is 0.656. The molecule has 0 aromatic carbocycles. The molecule has 1 saturated heterocycles. The highest BCUT2D eigenvalue weighted by Crippen LogP contribution is 2.28. The minimum atomic E-state index is -3.19. The molecule has 96 valence electrons. The molecular weight excluding hydrogens is 230 g/mol. The van der Waals surface area contributed by atoms with Crippen molar-refractivity contribution < 1.29 is 18.3 Å². The lowest BCUT2D eigenvalue weighted by molar-refractivity contribution is -0.0653. The molecule has 0 aromatic heterocycles. The molecule has 0 unspecified atom stereocenters. The third-order valence-corrected chi connectivity index (χ3v) is 4.65. The second kappa shape index (κ2) is 5.44. The largest absolute Gasteiger partial charge is 0.387 e. The van der Waals surface area contributed by atoms with Crippen LogP contribution in [-0.2, 0) is 14.8 Å². The summed E-state index contributed by atoms with van der Waals surface area (Å²) >= 11 is 0. The first-order valence-electron chi connectivity index (χ1n) is 5.63. The van der Waals surface area contributed by atoms with Crippen LogP contribution in [0.1, 0.15) is 26.2 Å². The summed E-state index contributed by atoms with van der Waals surface area (Å²) in [5, 5.41) is 9.88. The summed E-state index contributed by atoms with van der Waals surface area (Å²) < 4.78 is 29.7. The van der Waals surface area contributed by atoms with Crippen molar-refractivity contribution in [1.82, 2.24) is 4.31 Å². The number of rotatable bonds is 7. The van der Waals surface area contributed by atoms with Gasteiger partial charge >= 0.3 is 0 Å². The van der Waals surface area contributed by atoms with Gasteiger partial charge in [0.1, 0.15) is 0 Å². The van der Waals surface area contributed by atoms with Gasteiger partial charge in [0.05, 0.1) is 11.4 Å². The van der Waals surface area contributed by atoms with E-state index in [1.807, 2.05) is 6.92 Å². The lowest BCUT2D eigenvalue weighted by Crippen LogP contribution is -2.63. The van der Waals surface area contributed by atoms with Crippen LogP contribution in [0.25, 0.3) is 0 Å². The lowest BCUT2D eigenvalue weighted by Gasteiger charge is -2.45. The van der Waals surface area contributed by atoms with Crippen molar-refractivity contribution in [2.75, 3.05) is 32.6 Å². The average molecular weight is 251 g/mol. The molecule has 1 aliphatic heterocycles. The van der Waals surface area contributed by atoms with E-state index in [1.165, 1.54) is 4.31 Å². The molecule has 0 saturated carbocycles. The third kappa shape index (κ3) is 3.41. The van der Waals surface area contributed by atoms with Crippen molar-refractivity contribution in [1.29, 1.82) is 0 Å². The number of sulfonamides is 1. The number of ether oxygens (including phenoxy) is 1. The Hall–Kier alpha value is -0.170. The number of hydrogen-bond donors (Lipinski definition) is 1. The number of aliphatic hydroxyl groups is 1. The molecule has 1 heterocycles. The van der Waals surface area contributed by atoms with Crippen molar-refractivity contribution in [3.05, 3.63) is 0 Å². The van der Waals surface area contributed by atoms with E-state index in [0.29, 0.717) is 19.4 Å². The van der Waals surface area contributed by atoms with Gasteiger partial charge in [0.25, 0.3) is 0 Å². The molecule has 16 heavy (non-hydrogen) atoms. The van der Waals surface area contributed by atoms with Crippen LogP contribution in [0.15, 0.2) is 0 Å². The van der Waals surface area contributed by atoms with Gasteiger partial charge in [-0.05, 0) is 12.8 Å². The SMILES string of the molecule is CCCC1(O)CN(S(=O)(=O)CCCOC)C1. The summed E-state index contributed by atoms with van der Waals surface area (Å²) in [6.07, 6.45) is 2.03. The molecule has 0 aliphatic carbocycles. The van der Waals surface area contributed by atoms with Gasteiger partial charge in [0, 0.05) is 26.8 Å². The zero-order valence-corrected chi connectivity index (χ0v) is 10.8. The molecule has 0 bridgehead atoms. The Morgan fingerprint density at radius 3 is 2.56 bits per heavy atom. The predicted octanol–water partition coefficient (Wildman–Crippen LogP) is 0.200. The van der Waals surface area contributed by atoms with E-state index in [9.17, 15) is 13.5 Å². The molecule has 1 N–H and O–H groups in total. The van der Waals surface area contributed by atoms with Gasteiger partial charge in [0.15, 0.2) is 0 Å². The first-order valence-corrected chi connectivity index (χ1v) is 7.23. The minimum Gasteiger partial charge on any atom is -0.387 e. The molecule has 6 heteroatoms. The van der Waals surface area contributed by atoms with Crippen LogP contribution >= 0.6 is 0 Å². The Bertz CT molecular complexity index is 309. The number of β-amino-alcohol motifs (C(OH)–C–C–N with tert-alkyl or cyclic N) is 1. The third-order valence-electron chi connectivity index (χ3n) is 2.80. The Morgan fingerprint density at radius 2 is 2.06 bits per heavy atom. The first-order chi connectivity index (χ1) is 7.43. The molecule has 0 amide bonds. The first kappa shape index (κ1) is 13.9. The fraction of sp³-hybridized carbons (Fsp3) is 1.00. The normalized spacial score (nSPS) is 20.7. The highest BCUT2D eigenvalue weighted by molar-refractivity contribution is 7.89. The van der Waals surface area contributed by atoms with E-state index in [2.05, 4.69) is 0 Å². The van der Waals surface area contributed by atoms with Crippen LogP contribution in [0.2, 0.25) is 0 Å². The monoisotopic (exact) mass is 251 g/mol. The topological polar surface area (TPSA) is 66.8 Å². The fourth-order valence-electron chi connectivity index (χ4n) is 1.95. The second-order valence-electron chi connectivity index (χ2n) is 4.40. The summed E-state index contributed by atoms with van der Waals surface area (Å²) in [4.78, 5) is 0. The van der Waals surface area contributed by atoms with Gasteiger partial charge in [-0.1, -0.05) is 13.3 Å². The summed E-state index contributed by atoms with van der Waals surface area (Å²) in [6.45, 7) is 2.92. The molecule has 0 radical (unpaired) electrons. The zero-order valence-electron chi connectivity index (χ0n) is 9.98. The van der Waals surface area contributed by atoms with E-state index in [-0.39, 0.29) is 18.8 Å². The highest BCUT2D eigenvalue weighted by Gasteiger charge is 2.45. The highest BCUT2D eigenvalue weighted by atomic mass is 32.2. The van der Waals surface area contributed by atoms with Crippen LogP contribution in [0.5, 0.6) is 0 Å². The van der Waals surface area contributed by atoms with Crippen LogP contribution in [0.4, 0.5) is 0 Å². The average Bonchev–Trinajstić information content (AvgIpc) is 2.14. The number of nitrogens with zero attached hydrogens (tertiary/aromatic N) is 1. The zero-order chi connectivity index (χ0) is 12.2. The molecule has 5 nitrogen and oxygen atoms in total. The van der Waals surface area contributed by atoms with Crippen molar-refractivity contribution in [2.24, 2.45) is 0 Å². The number of hydrogen-bond acceptors (Lipinski definition) is 4. The standard InChI is InChI=1S/C10H21NO4S/c1-3-5-10(12)8-11(9-10)16(13,14)7-4-6-15-2/h12H,3-9H2,1-2H3. The molecule has 0 aromatic rings. The van der Waals surface area contributed by atoms with Gasteiger partial charge in [-0.15, -0.1) is 0 Å². The van der Waals surface area contributed by atoms with Crippen LogP contribution in [0.3, 0.4) is 0 Å². The van der Waals surface area contributed by atoms with Crippen molar-refractivity contribution in [2.45, 2.75) is 31.8 Å². The van der Waals surface area contributed by atoms with E-state index in [1.54, 1.807) is 7.11 Å². The summed E-state index contributed by atoms with van der Waals surface area (Å²) in [7, 11) is -1.64. The van der Waals surface area contributed by atoms with Crippen molar-refractivity contribution >= 4 is 10.0 Å².